The summed E-state index contributed by atoms with van der Waals surface area (Å²) in [6, 6.07) is 14.8. The zero-order chi connectivity index (χ0) is 19.2. The van der Waals surface area contributed by atoms with Crippen molar-refractivity contribution in [3.8, 4) is 11.5 Å². The summed E-state index contributed by atoms with van der Waals surface area (Å²) >= 11 is 3.40. The first-order chi connectivity index (χ1) is 13.1. The van der Waals surface area contributed by atoms with E-state index in [2.05, 4.69) is 21.2 Å². The van der Waals surface area contributed by atoms with Crippen molar-refractivity contribution in [1.82, 2.24) is 5.32 Å². The molecular weight excluding hydrogens is 412 g/mol. The van der Waals surface area contributed by atoms with E-state index in [4.69, 9.17) is 9.47 Å². The molecule has 0 saturated carbocycles. The second-order valence-corrected chi connectivity index (χ2v) is 7.02. The van der Waals surface area contributed by atoms with Gasteiger partial charge < -0.3 is 19.7 Å². The quantitative estimate of drug-likeness (QED) is 0.711. The van der Waals surface area contributed by atoms with Crippen LogP contribution in [0.4, 0.5) is 5.69 Å². The Morgan fingerprint density at radius 2 is 2.07 bits per heavy atom. The zero-order valence-corrected chi connectivity index (χ0v) is 16.6. The predicted molar refractivity (Wildman–Crippen MR) is 106 cm³/mol. The van der Waals surface area contributed by atoms with Crippen molar-refractivity contribution < 1.29 is 19.1 Å². The van der Waals surface area contributed by atoms with Crippen LogP contribution in [0.5, 0.6) is 11.5 Å². The normalized spacial score (nSPS) is 15.5. The molecule has 0 aromatic heterocycles. The van der Waals surface area contributed by atoms with Crippen molar-refractivity contribution in [2.24, 2.45) is 0 Å². The van der Waals surface area contributed by atoms with Gasteiger partial charge in [0.1, 0.15) is 11.5 Å². The van der Waals surface area contributed by atoms with Crippen LogP contribution in [0.3, 0.4) is 0 Å². The highest BCUT2D eigenvalue weighted by atomic mass is 79.9. The summed E-state index contributed by atoms with van der Waals surface area (Å²) in [6.45, 7) is 0.634. The third-order valence-electron chi connectivity index (χ3n) is 4.21. The largest absolute Gasteiger partial charge is 0.494 e. The molecule has 2 aromatic rings. The molecule has 1 N–H and O–H groups in total. The van der Waals surface area contributed by atoms with E-state index in [1.807, 2.05) is 42.5 Å². The molecule has 0 fully saturated rings. The SMILES string of the molecule is CNC(=O)C1CN(C(=O)CCCOc2cccc(Br)c2)c2ccccc2O1. The van der Waals surface area contributed by atoms with E-state index in [-0.39, 0.29) is 18.4 Å². The van der Waals surface area contributed by atoms with Crippen molar-refractivity contribution in [3.63, 3.8) is 0 Å². The summed E-state index contributed by atoms with van der Waals surface area (Å²) in [5, 5.41) is 2.57. The third-order valence-corrected chi connectivity index (χ3v) is 4.71. The maximum Gasteiger partial charge on any atom is 0.262 e. The van der Waals surface area contributed by atoms with E-state index < -0.39 is 6.10 Å². The lowest BCUT2D eigenvalue weighted by molar-refractivity contribution is -0.128. The Kier molecular flexibility index (Phi) is 6.34. The smallest absolute Gasteiger partial charge is 0.262 e. The molecule has 0 aliphatic carbocycles. The summed E-state index contributed by atoms with van der Waals surface area (Å²) in [5.41, 5.74) is 0.690. The van der Waals surface area contributed by atoms with Gasteiger partial charge in [-0.2, -0.15) is 0 Å². The molecule has 3 rings (SSSR count). The molecule has 142 valence electrons. The molecule has 6 nitrogen and oxygen atoms in total. The van der Waals surface area contributed by atoms with Gasteiger partial charge >= 0.3 is 0 Å². The van der Waals surface area contributed by atoms with Crippen LogP contribution >= 0.6 is 15.9 Å². The number of nitrogens with one attached hydrogen (secondary N) is 1. The monoisotopic (exact) mass is 432 g/mol. The molecule has 7 heteroatoms. The Morgan fingerprint density at radius 3 is 2.85 bits per heavy atom. The molecule has 1 aliphatic heterocycles. The van der Waals surface area contributed by atoms with Gasteiger partial charge in [0.05, 0.1) is 18.8 Å². The maximum atomic E-state index is 12.8. The minimum atomic E-state index is -0.716. The Morgan fingerprint density at radius 1 is 1.26 bits per heavy atom. The number of para-hydroxylation sites is 2. The van der Waals surface area contributed by atoms with Gasteiger partial charge in [-0.15, -0.1) is 0 Å². The van der Waals surface area contributed by atoms with E-state index in [9.17, 15) is 9.59 Å². The number of amides is 2. The molecule has 27 heavy (non-hydrogen) atoms. The van der Waals surface area contributed by atoms with E-state index in [1.165, 1.54) is 0 Å². The van der Waals surface area contributed by atoms with Crippen LogP contribution < -0.4 is 19.7 Å². The minimum absolute atomic E-state index is 0.0579. The molecule has 0 bridgehead atoms. The standard InChI is InChI=1S/C20H21BrN2O4/c1-22-20(25)18-13-23(16-8-2-3-9-17(16)27-18)19(24)10-5-11-26-15-7-4-6-14(21)12-15/h2-4,6-9,12,18H,5,10-11,13H2,1H3,(H,22,25). The van der Waals surface area contributed by atoms with Crippen LogP contribution in [0.1, 0.15) is 12.8 Å². The number of benzene rings is 2. The molecule has 2 amide bonds. The van der Waals surface area contributed by atoms with E-state index in [0.717, 1.165) is 10.2 Å². The van der Waals surface area contributed by atoms with Crippen LogP contribution in [0.15, 0.2) is 53.0 Å². The Hall–Kier alpha value is -2.54. The van der Waals surface area contributed by atoms with Crippen molar-refractivity contribution in [2.45, 2.75) is 18.9 Å². The summed E-state index contributed by atoms with van der Waals surface area (Å²) < 4.78 is 12.4. The Bertz CT molecular complexity index is 827. The molecule has 1 unspecified atom stereocenters. The highest BCUT2D eigenvalue weighted by Crippen LogP contribution is 2.33. The predicted octanol–water partition coefficient (Wildman–Crippen LogP) is 3.15. The lowest BCUT2D eigenvalue weighted by Crippen LogP contribution is -2.50. The molecule has 2 aromatic carbocycles. The summed E-state index contributed by atoms with van der Waals surface area (Å²) in [4.78, 5) is 26.4. The highest BCUT2D eigenvalue weighted by Gasteiger charge is 2.32. The number of rotatable bonds is 6. The molecule has 0 saturated heterocycles. The molecule has 1 atom stereocenters. The average Bonchev–Trinajstić information content (AvgIpc) is 2.69. The summed E-state index contributed by atoms with van der Waals surface area (Å²) in [7, 11) is 1.55. The van der Waals surface area contributed by atoms with Gasteiger partial charge in [0.15, 0.2) is 6.10 Å². The zero-order valence-electron chi connectivity index (χ0n) is 15.0. The number of carbonyl (C=O) groups excluding carboxylic acids is 2. The van der Waals surface area contributed by atoms with Gasteiger partial charge in [-0.25, -0.2) is 0 Å². The number of anilines is 1. The van der Waals surface area contributed by atoms with Gasteiger partial charge in [-0.05, 0) is 36.8 Å². The van der Waals surface area contributed by atoms with Crippen LogP contribution in [-0.4, -0.2) is 38.1 Å². The van der Waals surface area contributed by atoms with Crippen LogP contribution in [-0.2, 0) is 9.59 Å². The fraction of sp³-hybridized carbons (Fsp3) is 0.300. The van der Waals surface area contributed by atoms with Gasteiger partial charge in [0.2, 0.25) is 5.91 Å². The first-order valence-corrected chi connectivity index (χ1v) is 9.54. The van der Waals surface area contributed by atoms with E-state index >= 15 is 0 Å². The number of hydrogen-bond acceptors (Lipinski definition) is 4. The molecule has 0 spiro atoms. The Balaban J connectivity index is 1.60. The molecule has 1 aliphatic rings. The van der Waals surface area contributed by atoms with Crippen LogP contribution in [0, 0.1) is 0 Å². The fourth-order valence-electron chi connectivity index (χ4n) is 2.87. The van der Waals surface area contributed by atoms with E-state index in [1.54, 1.807) is 18.0 Å². The number of hydrogen-bond donors (Lipinski definition) is 1. The third kappa shape index (κ3) is 4.80. The number of halogens is 1. The van der Waals surface area contributed by atoms with Crippen LogP contribution in [0.25, 0.3) is 0 Å². The minimum Gasteiger partial charge on any atom is -0.494 e. The first-order valence-electron chi connectivity index (χ1n) is 8.74. The van der Waals surface area contributed by atoms with Crippen molar-refractivity contribution in [3.05, 3.63) is 53.0 Å². The molecular formula is C20H21BrN2O4. The Labute approximate surface area is 166 Å². The lowest BCUT2D eigenvalue weighted by atomic mass is 10.1. The number of carbonyl (C=O) groups is 2. The number of fused-ring (bicyclic) bond motifs is 1. The van der Waals surface area contributed by atoms with E-state index in [0.29, 0.717) is 30.9 Å². The summed E-state index contributed by atoms with van der Waals surface area (Å²) in [6.07, 6.45) is 0.185. The highest BCUT2D eigenvalue weighted by molar-refractivity contribution is 9.10. The topological polar surface area (TPSA) is 67.9 Å². The second kappa shape index (κ2) is 8.90. The summed E-state index contributed by atoms with van der Waals surface area (Å²) in [5.74, 6) is 0.988. The maximum absolute atomic E-state index is 12.8. The van der Waals surface area contributed by atoms with Gasteiger partial charge in [-0.3, -0.25) is 9.59 Å². The van der Waals surface area contributed by atoms with Gasteiger partial charge in [0, 0.05) is 17.9 Å². The fourth-order valence-corrected chi connectivity index (χ4v) is 3.25. The first kappa shape index (κ1) is 19.2. The molecule has 0 radical (unpaired) electrons. The number of nitrogens with zero attached hydrogens (tertiary/aromatic N) is 1. The van der Waals surface area contributed by atoms with Crippen molar-refractivity contribution in [2.75, 3.05) is 25.1 Å². The van der Waals surface area contributed by atoms with Crippen molar-refractivity contribution in [1.29, 1.82) is 0 Å². The van der Waals surface area contributed by atoms with Gasteiger partial charge in [0.25, 0.3) is 5.91 Å². The second-order valence-electron chi connectivity index (χ2n) is 6.10. The number of likely N-dealkylation sites (N-methyl/N-ethyl adjacent to an activating group) is 1. The van der Waals surface area contributed by atoms with Gasteiger partial charge in [-0.1, -0.05) is 34.1 Å². The van der Waals surface area contributed by atoms with Crippen LogP contribution in [0.2, 0.25) is 0 Å². The lowest BCUT2D eigenvalue weighted by Gasteiger charge is -2.34. The van der Waals surface area contributed by atoms with Crippen molar-refractivity contribution >= 4 is 33.4 Å². The number of ether oxygens (including phenoxy) is 2. The average molecular weight is 433 g/mol. The molecule has 1 heterocycles.